The molecule has 0 unspecified atom stereocenters. The Morgan fingerprint density at radius 3 is 2.27 bits per heavy atom. The highest BCUT2D eigenvalue weighted by molar-refractivity contribution is 5.92. The zero-order valence-electron chi connectivity index (χ0n) is 15.7. The normalized spacial score (nSPS) is 10.8. The SMILES string of the molecule is CCc1ccc(CN(CCOC)C(=O)c2cc(=O)n(C)c(=O)n2C)cc1. The summed E-state index contributed by atoms with van der Waals surface area (Å²) < 4.78 is 7.27. The van der Waals surface area contributed by atoms with Gasteiger partial charge in [-0.15, -0.1) is 0 Å². The molecular weight excluding hydrogens is 334 g/mol. The molecule has 7 heteroatoms. The maximum Gasteiger partial charge on any atom is 0.331 e. The van der Waals surface area contributed by atoms with E-state index < -0.39 is 11.2 Å². The van der Waals surface area contributed by atoms with Gasteiger partial charge in [0.15, 0.2) is 0 Å². The molecule has 0 saturated carbocycles. The van der Waals surface area contributed by atoms with Crippen LogP contribution in [0.2, 0.25) is 0 Å². The van der Waals surface area contributed by atoms with Gasteiger partial charge in [0, 0.05) is 40.4 Å². The zero-order chi connectivity index (χ0) is 19.3. The second-order valence-corrected chi connectivity index (χ2v) is 6.16. The number of hydrogen-bond donors (Lipinski definition) is 0. The second-order valence-electron chi connectivity index (χ2n) is 6.16. The van der Waals surface area contributed by atoms with Crippen molar-refractivity contribution < 1.29 is 9.53 Å². The van der Waals surface area contributed by atoms with Crippen LogP contribution in [0.4, 0.5) is 0 Å². The number of carbonyl (C=O) groups excluding carboxylic acids is 1. The Balaban J connectivity index is 2.35. The first-order valence-corrected chi connectivity index (χ1v) is 8.52. The van der Waals surface area contributed by atoms with E-state index in [1.165, 1.54) is 30.3 Å². The summed E-state index contributed by atoms with van der Waals surface area (Å²) in [5.41, 5.74) is 1.23. The van der Waals surface area contributed by atoms with Crippen LogP contribution in [-0.2, 0) is 31.8 Å². The van der Waals surface area contributed by atoms with Gasteiger partial charge in [0.05, 0.1) is 6.61 Å². The molecule has 0 atom stereocenters. The van der Waals surface area contributed by atoms with Crippen LogP contribution in [0.15, 0.2) is 39.9 Å². The van der Waals surface area contributed by atoms with Crippen LogP contribution >= 0.6 is 0 Å². The lowest BCUT2D eigenvalue weighted by molar-refractivity contribution is 0.0668. The van der Waals surface area contributed by atoms with Crippen LogP contribution in [0.25, 0.3) is 0 Å². The summed E-state index contributed by atoms with van der Waals surface area (Å²) in [6.07, 6.45) is 0.946. The average Bonchev–Trinajstić information content (AvgIpc) is 2.66. The Bertz CT molecular complexity index is 881. The molecule has 0 radical (unpaired) electrons. The lowest BCUT2D eigenvalue weighted by Gasteiger charge is -2.23. The molecule has 0 fully saturated rings. The monoisotopic (exact) mass is 359 g/mol. The van der Waals surface area contributed by atoms with Gasteiger partial charge in [0.25, 0.3) is 11.5 Å². The quantitative estimate of drug-likeness (QED) is 0.737. The van der Waals surface area contributed by atoms with Crippen molar-refractivity contribution in [2.75, 3.05) is 20.3 Å². The van der Waals surface area contributed by atoms with Gasteiger partial charge in [0.2, 0.25) is 0 Å². The van der Waals surface area contributed by atoms with Crippen LogP contribution in [0.5, 0.6) is 0 Å². The van der Waals surface area contributed by atoms with Gasteiger partial charge in [-0.3, -0.25) is 18.7 Å². The van der Waals surface area contributed by atoms with Crippen molar-refractivity contribution >= 4 is 5.91 Å². The molecule has 1 heterocycles. The Morgan fingerprint density at radius 2 is 1.69 bits per heavy atom. The van der Waals surface area contributed by atoms with Gasteiger partial charge in [-0.05, 0) is 17.5 Å². The minimum Gasteiger partial charge on any atom is -0.383 e. The summed E-state index contributed by atoms with van der Waals surface area (Å²) in [6.45, 7) is 3.17. The smallest absolute Gasteiger partial charge is 0.331 e. The van der Waals surface area contributed by atoms with Crippen molar-refractivity contribution in [1.82, 2.24) is 14.0 Å². The molecular formula is C19H25N3O4. The number of methoxy groups -OCH3 is 1. The molecule has 1 amide bonds. The summed E-state index contributed by atoms with van der Waals surface area (Å²) >= 11 is 0. The standard InChI is InChI=1S/C19H25N3O4/c1-5-14-6-8-15(9-7-14)13-22(10-11-26-4)18(24)16-12-17(23)21(3)19(25)20(16)2/h6-9,12H,5,10-11,13H2,1-4H3. The summed E-state index contributed by atoms with van der Waals surface area (Å²) in [6, 6.07) is 9.22. The van der Waals surface area contributed by atoms with E-state index in [-0.39, 0.29) is 11.6 Å². The third-order valence-corrected chi connectivity index (χ3v) is 4.40. The number of amides is 1. The molecule has 0 saturated heterocycles. The fraction of sp³-hybridized carbons (Fsp3) is 0.421. The van der Waals surface area contributed by atoms with Gasteiger partial charge in [-0.25, -0.2) is 4.79 Å². The predicted octanol–water partition coefficient (Wildman–Crippen LogP) is 0.935. The van der Waals surface area contributed by atoms with Crippen LogP contribution in [0, 0.1) is 0 Å². The van der Waals surface area contributed by atoms with Crippen LogP contribution < -0.4 is 11.2 Å². The van der Waals surface area contributed by atoms with Crippen LogP contribution in [0.1, 0.15) is 28.5 Å². The van der Waals surface area contributed by atoms with Crippen molar-refractivity contribution in [3.8, 4) is 0 Å². The molecule has 1 aromatic carbocycles. The van der Waals surface area contributed by atoms with Gasteiger partial charge >= 0.3 is 5.69 Å². The lowest BCUT2D eigenvalue weighted by atomic mass is 10.1. The summed E-state index contributed by atoms with van der Waals surface area (Å²) in [5, 5.41) is 0. The number of rotatable bonds is 7. The number of carbonyl (C=O) groups is 1. The molecule has 26 heavy (non-hydrogen) atoms. The number of aryl methyl sites for hydroxylation is 1. The highest BCUT2D eigenvalue weighted by Gasteiger charge is 2.20. The molecule has 0 bridgehead atoms. The molecule has 0 aliphatic rings. The molecule has 7 nitrogen and oxygen atoms in total. The fourth-order valence-electron chi connectivity index (χ4n) is 2.65. The molecule has 2 aromatic rings. The molecule has 0 spiro atoms. The molecule has 140 valence electrons. The number of ether oxygens (including phenoxy) is 1. The van der Waals surface area contributed by atoms with Crippen molar-refractivity contribution in [3.05, 3.63) is 68.0 Å². The topological polar surface area (TPSA) is 73.5 Å². The molecule has 0 N–H and O–H groups in total. The van der Waals surface area contributed by atoms with Gasteiger partial charge in [-0.2, -0.15) is 0 Å². The summed E-state index contributed by atoms with van der Waals surface area (Å²) in [7, 11) is 4.43. The number of nitrogens with zero attached hydrogens (tertiary/aromatic N) is 3. The molecule has 2 rings (SSSR count). The maximum atomic E-state index is 13.0. The third kappa shape index (κ3) is 4.29. The largest absolute Gasteiger partial charge is 0.383 e. The van der Waals surface area contributed by atoms with E-state index in [4.69, 9.17) is 4.74 Å². The first-order valence-electron chi connectivity index (χ1n) is 8.52. The van der Waals surface area contributed by atoms with Crippen molar-refractivity contribution in [2.45, 2.75) is 19.9 Å². The van der Waals surface area contributed by atoms with Crippen molar-refractivity contribution in [3.63, 3.8) is 0 Å². The molecule has 0 aliphatic carbocycles. The molecule has 1 aromatic heterocycles. The van der Waals surface area contributed by atoms with E-state index in [2.05, 4.69) is 6.92 Å². The lowest BCUT2D eigenvalue weighted by Crippen LogP contribution is -2.42. The Morgan fingerprint density at radius 1 is 1.08 bits per heavy atom. The van der Waals surface area contributed by atoms with E-state index in [1.807, 2.05) is 24.3 Å². The average molecular weight is 359 g/mol. The van der Waals surface area contributed by atoms with E-state index in [9.17, 15) is 14.4 Å². The first-order chi connectivity index (χ1) is 12.4. The van der Waals surface area contributed by atoms with Gasteiger partial charge in [0.1, 0.15) is 5.69 Å². The number of benzene rings is 1. The van der Waals surface area contributed by atoms with Crippen molar-refractivity contribution in [2.24, 2.45) is 14.1 Å². The summed E-state index contributed by atoms with van der Waals surface area (Å²) in [4.78, 5) is 38.6. The predicted molar refractivity (Wildman–Crippen MR) is 99.4 cm³/mol. The second kappa shape index (κ2) is 8.62. The highest BCUT2D eigenvalue weighted by atomic mass is 16.5. The van der Waals surface area contributed by atoms with E-state index in [1.54, 1.807) is 12.0 Å². The Kier molecular flexibility index (Phi) is 6.52. The number of hydrogen-bond acceptors (Lipinski definition) is 4. The van der Waals surface area contributed by atoms with E-state index in [0.29, 0.717) is 19.7 Å². The van der Waals surface area contributed by atoms with Gasteiger partial charge < -0.3 is 9.64 Å². The maximum absolute atomic E-state index is 13.0. The Hall–Kier alpha value is -2.67. The minimum absolute atomic E-state index is 0.0689. The van der Waals surface area contributed by atoms with Crippen molar-refractivity contribution in [1.29, 1.82) is 0 Å². The van der Waals surface area contributed by atoms with Gasteiger partial charge in [-0.1, -0.05) is 31.2 Å². The minimum atomic E-state index is -0.528. The zero-order valence-corrected chi connectivity index (χ0v) is 15.7. The van der Waals surface area contributed by atoms with E-state index in [0.717, 1.165) is 16.6 Å². The summed E-state index contributed by atoms with van der Waals surface area (Å²) in [5.74, 6) is -0.376. The first kappa shape index (κ1) is 19.7. The fourth-order valence-corrected chi connectivity index (χ4v) is 2.65. The number of aromatic nitrogens is 2. The van der Waals surface area contributed by atoms with Crippen LogP contribution in [0.3, 0.4) is 0 Å². The van der Waals surface area contributed by atoms with E-state index >= 15 is 0 Å². The molecule has 0 aliphatic heterocycles. The van der Waals surface area contributed by atoms with Crippen LogP contribution in [-0.4, -0.2) is 40.2 Å². The highest BCUT2D eigenvalue weighted by Crippen LogP contribution is 2.11. The third-order valence-electron chi connectivity index (χ3n) is 4.40. The Labute approximate surface area is 152 Å².